The molecule has 4 heterocycles. The minimum absolute atomic E-state index is 0.111. The number of rotatable bonds is 7. The maximum atomic E-state index is 12.7. The van der Waals surface area contributed by atoms with Gasteiger partial charge in [-0.05, 0) is 67.3 Å². The van der Waals surface area contributed by atoms with Gasteiger partial charge in [-0.25, -0.2) is 14.6 Å². The average molecular weight is 463 g/mol. The Kier molecular flexibility index (Phi) is 6.09. The number of pyridine rings is 1. The van der Waals surface area contributed by atoms with Gasteiger partial charge in [0.1, 0.15) is 11.3 Å². The lowest BCUT2D eigenvalue weighted by Gasteiger charge is -2.22. The Labute approximate surface area is 195 Å². The number of benzene rings is 1. The fourth-order valence-corrected chi connectivity index (χ4v) is 4.16. The number of nitrogens with one attached hydrogen (secondary N) is 2. The Hall–Kier alpha value is -3.99. The summed E-state index contributed by atoms with van der Waals surface area (Å²) in [6, 6.07) is 8.87. The van der Waals surface area contributed by atoms with Crippen LogP contribution in [0.1, 0.15) is 30.1 Å². The van der Waals surface area contributed by atoms with Crippen LogP contribution in [0, 0.1) is 5.92 Å². The first-order chi connectivity index (χ1) is 16.6. The number of nitrogens with zero attached hydrogens (tertiary/aromatic N) is 5. The Morgan fingerprint density at radius 3 is 2.91 bits per heavy atom. The van der Waals surface area contributed by atoms with Crippen LogP contribution in [0.4, 0.5) is 5.82 Å². The Morgan fingerprint density at radius 2 is 2.15 bits per heavy atom. The molecule has 34 heavy (non-hydrogen) atoms. The van der Waals surface area contributed by atoms with Gasteiger partial charge in [0, 0.05) is 24.7 Å². The first kappa shape index (κ1) is 21.8. The number of carbonyl (C=O) groups excluding carboxylic acids is 1. The molecule has 11 heteroatoms. The van der Waals surface area contributed by atoms with Crippen molar-refractivity contribution in [3.8, 4) is 23.1 Å². The number of hydrogen-bond donors (Lipinski definition) is 3. The Morgan fingerprint density at radius 1 is 1.29 bits per heavy atom. The van der Waals surface area contributed by atoms with Crippen molar-refractivity contribution < 1.29 is 14.2 Å². The monoisotopic (exact) mass is 462 g/mol. The normalized spacial score (nSPS) is 14.4. The SMILES string of the molecule is CCn1c(-c2nonc2N)nc2cnc(Oc3cccc(C(=O)NCC4CCNCC4)c3)cc21. The molecule has 4 N–H and O–H groups in total. The van der Waals surface area contributed by atoms with Crippen LogP contribution in [0.3, 0.4) is 0 Å². The second-order valence-corrected chi connectivity index (χ2v) is 8.22. The van der Waals surface area contributed by atoms with Crippen molar-refractivity contribution in [2.75, 3.05) is 25.4 Å². The van der Waals surface area contributed by atoms with Gasteiger partial charge in [-0.1, -0.05) is 6.07 Å². The van der Waals surface area contributed by atoms with Gasteiger partial charge < -0.3 is 25.7 Å². The molecule has 3 aromatic heterocycles. The number of ether oxygens (including phenoxy) is 1. The zero-order valence-electron chi connectivity index (χ0n) is 18.8. The van der Waals surface area contributed by atoms with E-state index in [-0.39, 0.29) is 11.7 Å². The van der Waals surface area contributed by atoms with Crippen molar-refractivity contribution in [1.29, 1.82) is 0 Å². The van der Waals surface area contributed by atoms with E-state index in [0.29, 0.717) is 53.2 Å². The van der Waals surface area contributed by atoms with E-state index in [1.165, 1.54) is 0 Å². The minimum Gasteiger partial charge on any atom is -0.439 e. The van der Waals surface area contributed by atoms with Gasteiger partial charge in [0.05, 0.1) is 11.7 Å². The number of piperidine rings is 1. The minimum atomic E-state index is -0.111. The summed E-state index contributed by atoms with van der Waals surface area (Å²) in [4.78, 5) is 21.6. The summed E-state index contributed by atoms with van der Waals surface area (Å²) in [6.07, 6.45) is 3.78. The lowest BCUT2D eigenvalue weighted by atomic mass is 9.98. The lowest BCUT2D eigenvalue weighted by molar-refractivity contribution is 0.0944. The van der Waals surface area contributed by atoms with Crippen LogP contribution in [-0.2, 0) is 6.54 Å². The quantitative estimate of drug-likeness (QED) is 0.377. The standard InChI is InChI=1S/C23H26N8O3/c1-2-31-18-11-19(26-13-17(18)28-22(31)20-21(24)30-34-29-20)33-16-5-3-4-15(10-16)23(32)27-12-14-6-8-25-9-7-14/h3-5,10-11,13-14,25H,2,6-9,12H2,1H3,(H2,24,30)(H,27,32). The summed E-state index contributed by atoms with van der Waals surface area (Å²) in [7, 11) is 0. The third kappa shape index (κ3) is 4.42. The third-order valence-electron chi connectivity index (χ3n) is 5.98. The predicted octanol–water partition coefficient (Wildman–Crippen LogP) is 2.61. The van der Waals surface area contributed by atoms with Gasteiger partial charge in [0.15, 0.2) is 17.3 Å². The molecular formula is C23H26N8O3. The summed E-state index contributed by atoms with van der Waals surface area (Å²) >= 11 is 0. The molecule has 1 aliphatic heterocycles. The topological polar surface area (TPSA) is 146 Å². The van der Waals surface area contributed by atoms with Crippen molar-refractivity contribution >= 4 is 22.8 Å². The molecule has 0 bridgehead atoms. The highest BCUT2D eigenvalue weighted by Crippen LogP contribution is 2.29. The molecule has 0 unspecified atom stereocenters. The Balaban J connectivity index is 1.34. The summed E-state index contributed by atoms with van der Waals surface area (Å²) in [5.74, 6) is 2.02. The Bertz CT molecular complexity index is 1310. The largest absolute Gasteiger partial charge is 0.439 e. The summed E-state index contributed by atoms with van der Waals surface area (Å²) in [5.41, 5.74) is 8.25. The molecular weight excluding hydrogens is 436 g/mol. The highest BCUT2D eigenvalue weighted by Gasteiger charge is 2.19. The number of anilines is 1. The lowest BCUT2D eigenvalue weighted by Crippen LogP contribution is -2.35. The maximum Gasteiger partial charge on any atom is 0.251 e. The van der Waals surface area contributed by atoms with E-state index in [9.17, 15) is 4.79 Å². The molecule has 5 rings (SSSR count). The molecule has 0 spiro atoms. The van der Waals surface area contributed by atoms with E-state index < -0.39 is 0 Å². The van der Waals surface area contributed by atoms with Gasteiger partial charge in [0.25, 0.3) is 5.91 Å². The molecule has 1 aromatic carbocycles. The molecule has 1 saturated heterocycles. The number of nitrogen functional groups attached to an aromatic ring is 1. The zero-order valence-corrected chi connectivity index (χ0v) is 18.8. The molecule has 0 radical (unpaired) electrons. The predicted molar refractivity (Wildman–Crippen MR) is 125 cm³/mol. The fraction of sp³-hybridized carbons (Fsp3) is 0.348. The smallest absolute Gasteiger partial charge is 0.251 e. The van der Waals surface area contributed by atoms with Crippen molar-refractivity contribution in [3.05, 3.63) is 42.1 Å². The first-order valence-corrected chi connectivity index (χ1v) is 11.3. The van der Waals surface area contributed by atoms with E-state index in [4.69, 9.17) is 15.1 Å². The molecule has 1 fully saturated rings. The van der Waals surface area contributed by atoms with E-state index in [1.54, 1.807) is 36.5 Å². The first-order valence-electron chi connectivity index (χ1n) is 11.3. The van der Waals surface area contributed by atoms with Crippen LogP contribution in [-0.4, -0.2) is 50.4 Å². The van der Waals surface area contributed by atoms with Gasteiger partial charge in [-0.2, -0.15) is 0 Å². The molecule has 1 aliphatic rings. The maximum absolute atomic E-state index is 12.7. The van der Waals surface area contributed by atoms with E-state index in [1.807, 2.05) is 11.5 Å². The van der Waals surface area contributed by atoms with E-state index in [0.717, 1.165) is 31.4 Å². The number of amides is 1. The molecule has 1 amide bonds. The number of carbonyl (C=O) groups is 1. The van der Waals surface area contributed by atoms with Crippen LogP contribution in [0.5, 0.6) is 11.6 Å². The van der Waals surface area contributed by atoms with Gasteiger partial charge in [-0.3, -0.25) is 4.79 Å². The number of aromatic nitrogens is 5. The zero-order chi connectivity index (χ0) is 23.5. The van der Waals surface area contributed by atoms with Crippen molar-refractivity contribution in [2.45, 2.75) is 26.3 Å². The number of fused-ring (bicyclic) bond motifs is 1. The number of nitrogens with two attached hydrogens (primary N) is 1. The van der Waals surface area contributed by atoms with E-state index in [2.05, 4.69) is 30.9 Å². The molecule has 0 aliphatic carbocycles. The number of imidazole rings is 1. The van der Waals surface area contributed by atoms with Crippen molar-refractivity contribution in [2.24, 2.45) is 5.92 Å². The molecule has 11 nitrogen and oxygen atoms in total. The number of aryl methyl sites for hydroxylation is 1. The van der Waals surface area contributed by atoms with Crippen LogP contribution < -0.4 is 21.1 Å². The average Bonchev–Trinajstić information content (AvgIpc) is 3.45. The van der Waals surface area contributed by atoms with Gasteiger partial charge in [-0.15, -0.1) is 0 Å². The molecule has 0 atom stereocenters. The van der Waals surface area contributed by atoms with Crippen molar-refractivity contribution in [1.82, 2.24) is 35.5 Å². The summed E-state index contributed by atoms with van der Waals surface area (Å²) in [5, 5.41) is 13.9. The molecule has 0 saturated carbocycles. The fourth-order valence-electron chi connectivity index (χ4n) is 4.16. The van der Waals surface area contributed by atoms with Crippen LogP contribution in [0.2, 0.25) is 0 Å². The van der Waals surface area contributed by atoms with Crippen LogP contribution >= 0.6 is 0 Å². The molecule has 176 valence electrons. The second-order valence-electron chi connectivity index (χ2n) is 8.22. The highest BCUT2D eigenvalue weighted by atomic mass is 16.6. The van der Waals surface area contributed by atoms with E-state index >= 15 is 0 Å². The van der Waals surface area contributed by atoms with Gasteiger partial charge in [0.2, 0.25) is 5.88 Å². The van der Waals surface area contributed by atoms with Crippen molar-refractivity contribution in [3.63, 3.8) is 0 Å². The summed E-state index contributed by atoms with van der Waals surface area (Å²) in [6.45, 7) is 5.29. The second kappa shape index (κ2) is 9.48. The van der Waals surface area contributed by atoms with Gasteiger partial charge >= 0.3 is 0 Å². The van der Waals surface area contributed by atoms with Crippen LogP contribution in [0.25, 0.3) is 22.6 Å². The third-order valence-corrected chi connectivity index (χ3v) is 5.98. The van der Waals surface area contributed by atoms with Crippen LogP contribution in [0.15, 0.2) is 41.2 Å². The number of hydrogen-bond acceptors (Lipinski definition) is 9. The molecule has 4 aromatic rings. The summed E-state index contributed by atoms with van der Waals surface area (Å²) < 4.78 is 12.6. The highest BCUT2D eigenvalue weighted by molar-refractivity contribution is 5.94.